The first-order valence-electron chi connectivity index (χ1n) is 6.23. The van der Waals surface area contributed by atoms with Gasteiger partial charge in [-0.2, -0.15) is 0 Å². The van der Waals surface area contributed by atoms with Crippen molar-refractivity contribution in [1.29, 1.82) is 0 Å². The highest BCUT2D eigenvalue weighted by molar-refractivity contribution is 4.85. The largest absolute Gasteiger partial charge is 0.380 e. The van der Waals surface area contributed by atoms with Gasteiger partial charge in [0.1, 0.15) is 0 Å². The molecule has 3 nitrogen and oxygen atoms in total. The van der Waals surface area contributed by atoms with E-state index in [1.54, 1.807) is 0 Å². The molecule has 1 aliphatic rings. The second kappa shape index (κ2) is 6.46. The standard InChI is InChI=1S/C12H26N2O/c1-4-10(5-2)12(8-13)14-7-6-11(9-14)15-3/h10-12H,4-9,13H2,1-3H3. The molecule has 0 aromatic heterocycles. The van der Waals surface area contributed by atoms with Gasteiger partial charge in [-0.3, -0.25) is 4.90 Å². The van der Waals surface area contributed by atoms with Gasteiger partial charge in [0, 0.05) is 32.8 Å². The molecule has 1 fully saturated rings. The number of rotatable bonds is 6. The van der Waals surface area contributed by atoms with Gasteiger partial charge in [0.15, 0.2) is 0 Å². The number of hydrogen-bond acceptors (Lipinski definition) is 3. The van der Waals surface area contributed by atoms with Gasteiger partial charge in [-0.1, -0.05) is 26.7 Å². The summed E-state index contributed by atoms with van der Waals surface area (Å²) >= 11 is 0. The van der Waals surface area contributed by atoms with E-state index in [1.807, 2.05) is 7.11 Å². The minimum absolute atomic E-state index is 0.424. The lowest BCUT2D eigenvalue weighted by atomic mass is 9.93. The first-order valence-corrected chi connectivity index (χ1v) is 6.23. The molecule has 0 aromatic carbocycles. The van der Waals surface area contributed by atoms with E-state index in [1.165, 1.54) is 12.8 Å². The summed E-state index contributed by atoms with van der Waals surface area (Å²) in [6, 6.07) is 0.556. The summed E-state index contributed by atoms with van der Waals surface area (Å²) in [6.45, 7) is 7.52. The van der Waals surface area contributed by atoms with Crippen molar-refractivity contribution in [2.75, 3.05) is 26.7 Å². The number of hydrogen-bond donors (Lipinski definition) is 1. The van der Waals surface area contributed by atoms with Crippen LogP contribution in [0.4, 0.5) is 0 Å². The van der Waals surface area contributed by atoms with E-state index in [9.17, 15) is 0 Å². The third-order valence-corrected chi connectivity index (χ3v) is 3.81. The Kier molecular flexibility index (Phi) is 5.58. The number of methoxy groups -OCH3 is 1. The van der Waals surface area contributed by atoms with E-state index in [4.69, 9.17) is 10.5 Å². The van der Waals surface area contributed by atoms with E-state index >= 15 is 0 Å². The van der Waals surface area contributed by atoms with Crippen LogP contribution in [0, 0.1) is 5.92 Å². The van der Waals surface area contributed by atoms with E-state index in [0.29, 0.717) is 12.1 Å². The molecular formula is C12H26N2O. The van der Waals surface area contributed by atoms with Crippen molar-refractivity contribution in [3.8, 4) is 0 Å². The van der Waals surface area contributed by atoms with E-state index in [0.717, 1.165) is 32.0 Å². The molecule has 2 unspecified atom stereocenters. The second-order valence-corrected chi connectivity index (χ2v) is 4.52. The van der Waals surface area contributed by atoms with Gasteiger partial charge < -0.3 is 10.5 Å². The fourth-order valence-corrected chi connectivity index (χ4v) is 2.72. The average Bonchev–Trinajstić information content (AvgIpc) is 2.73. The Balaban J connectivity index is 2.51. The molecular weight excluding hydrogens is 188 g/mol. The van der Waals surface area contributed by atoms with Crippen LogP contribution in [0.15, 0.2) is 0 Å². The van der Waals surface area contributed by atoms with Gasteiger partial charge in [0.05, 0.1) is 6.10 Å². The summed E-state index contributed by atoms with van der Waals surface area (Å²) in [5.41, 5.74) is 5.91. The normalized spacial score (nSPS) is 25.0. The van der Waals surface area contributed by atoms with Gasteiger partial charge in [-0.15, -0.1) is 0 Å². The lowest BCUT2D eigenvalue weighted by Crippen LogP contribution is -2.44. The van der Waals surface area contributed by atoms with E-state index in [-0.39, 0.29) is 0 Å². The number of ether oxygens (including phenoxy) is 1. The third-order valence-electron chi connectivity index (χ3n) is 3.81. The molecule has 3 heteroatoms. The molecule has 0 aliphatic carbocycles. The highest BCUT2D eigenvalue weighted by atomic mass is 16.5. The van der Waals surface area contributed by atoms with Gasteiger partial charge in [-0.05, 0) is 12.3 Å². The molecule has 0 saturated carbocycles. The first kappa shape index (κ1) is 12.9. The molecule has 0 spiro atoms. The Hall–Kier alpha value is -0.120. The summed E-state index contributed by atoms with van der Waals surface area (Å²) in [5, 5.41) is 0. The Bertz CT molecular complexity index is 171. The number of nitrogens with two attached hydrogens (primary N) is 1. The summed E-state index contributed by atoms with van der Waals surface area (Å²) in [7, 11) is 1.81. The van der Waals surface area contributed by atoms with Crippen molar-refractivity contribution >= 4 is 0 Å². The van der Waals surface area contributed by atoms with Crippen LogP contribution in [-0.4, -0.2) is 43.8 Å². The minimum atomic E-state index is 0.424. The Morgan fingerprint density at radius 2 is 2.07 bits per heavy atom. The van der Waals surface area contributed by atoms with Crippen molar-refractivity contribution in [2.24, 2.45) is 11.7 Å². The second-order valence-electron chi connectivity index (χ2n) is 4.52. The summed E-state index contributed by atoms with van der Waals surface area (Å²) in [6.07, 6.45) is 4.04. The Morgan fingerprint density at radius 3 is 2.47 bits per heavy atom. The molecule has 2 N–H and O–H groups in total. The van der Waals surface area contributed by atoms with Crippen molar-refractivity contribution < 1.29 is 4.74 Å². The molecule has 0 aromatic rings. The Labute approximate surface area is 94.0 Å². The van der Waals surface area contributed by atoms with Gasteiger partial charge in [0.2, 0.25) is 0 Å². The van der Waals surface area contributed by atoms with E-state index < -0.39 is 0 Å². The molecule has 15 heavy (non-hydrogen) atoms. The van der Waals surface area contributed by atoms with Crippen LogP contribution >= 0.6 is 0 Å². The first-order chi connectivity index (χ1) is 7.26. The zero-order valence-corrected chi connectivity index (χ0v) is 10.4. The molecule has 1 rings (SSSR count). The maximum Gasteiger partial charge on any atom is 0.0710 e. The van der Waals surface area contributed by atoms with Crippen molar-refractivity contribution in [3.05, 3.63) is 0 Å². The van der Waals surface area contributed by atoms with Crippen LogP contribution < -0.4 is 5.73 Å². The molecule has 2 atom stereocenters. The lowest BCUT2D eigenvalue weighted by Gasteiger charge is -2.32. The van der Waals surface area contributed by atoms with Crippen molar-refractivity contribution in [3.63, 3.8) is 0 Å². The molecule has 90 valence electrons. The predicted octanol–water partition coefficient (Wildman–Crippen LogP) is 1.47. The van der Waals surface area contributed by atoms with Crippen LogP contribution in [0.5, 0.6) is 0 Å². The predicted molar refractivity (Wildman–Crippen MR) is 63.9 cm³/mol. The highest BCUT2D eigenvalue weighted by Crippen LogP contribution is 2.23. The topological polar surface area (TPSA) is 38.5 Å². The van der Waals surface area contributed by atoms with Crippen LogP contribution in [0.25, 0.3) is 0 Å². The summed E-state index contributed by atoms with van der Waals surface area (Å²) in [5.74, 6) is 0.741. The van der Waals surface area contributed by atoms with Gasteiger partial charge >= 0.3 is 0 Å². The Morgan fingerprint density at radius 1 is 1.40 bits per heavy atom. The zero-order valence-electron chi connectivity index (χ0n) is 10.4. The fraction of sp³-hybridized carbons (Fsp3) is 1.00. The van der Waals surface area contributed by atoms with Crippen LogP contribution in [0.2, 0.25) is 0 Å². The third kappa shape index (κ3) is 3.16. The number of likely N-dealkylation sites (tertiary alicyclic amines) is 1. The molecule has 1 heterocycles. The van der Waals surface area contributed by atoms with Crippen LogP contribution in [0.3, 0.4) is 0 Å². The van der Waals surface area contributed by atoms with Crippen LogP contribution in [0.1, 0.15) is 33.1 Å². The van der Waals surface area contributed by atoms with E-state index in [2.05, 4.69) is 18.7 Å². The lowest BCUT2D eigenvalue weighted by molar-refractivity contribution is 0.0917. The summed E-state index contributed by atoms with van der Waals surface area (Å²) in [4.78, 5) is 2.52. The monoisotopic (exact) mass is 214 g/mol. The number of nitrogens with zero attached hydrogens (tertiary/aromatic N) is 1. The molecule has 0 bridgehead atoms. The summed E-state index contributed by atoms with van der Waals surface area (Å²) < 4.78 is 5.40. The van der Waals surface area contributed by atoms with Gasteiger partial charge in [-0.25, -0.2) is 0 Å². The van der Waals surface area contributed by atoms with Crippen molar-refractivity contribution in [1.82, 2.24) is 4.90 Å². The van der Waals surface area contributed by atoms with Crippen LogP contribution in [-0.2, 0) is 4.74 Å². The average molecular weight is 214 g/mol. The van der Waals surface area contributed by atoms with Crippen molar-refractivity contribution in [2.45, 2.75) is 45.3 Å². The molecule has 1 aliphatic heterocycles. The molecule has 1 saturated heterocycles. The molecule has 0 radical (unpaired) electrons. The quantitative estimate of drug-likeness (QED) is 0.727. The zero-order chi connectivity index (χ0) is 11.3. The van der Waals surface area contributed by atoms with Gasteiger partial charge in [0.25, 0.3) is 0 Å². The maximum absolute atomic E-state index is 5.91. The highest BCUT2D eigenvalue weighted by Gasteiger charge is 2.30. The smallest absolute Gasteiger partial charge is 0.0710 e. The maximum atomic E-state index is 5.91. The SMILES string of the molecule is CCC(CC)C(CN)N1CCC(OC)C1. The fourth-order valence-electron chi connectivity index (χ4n) is 2.72. The minimum Gasteiger partial charge on any atom is -0.380 e. The molecule has 0 amide bonds.